The molecule has 0 amide bonds. The van der Waals surface area contributed by atoms with Crippen molar-refractivity contribution in [1.82, 2.24) is 0 Å². The summed E-state index contributed by atoms with van der Waals surface area (Å²) in [7, 11) is 0. The molecule has 0 spiro atoms. The van der Waals surface area contributed by atoms with Gasteiger partial charge in [0, 0.05) is 6.04 Å². The van der Waals surface area contributed by atoms with Crippen LogP contribution >= 0.6 is 15.9 Å². The highest BCUT2D eigenvalue weighted by atomic mass is 79.9. The quantitative estimate of drug-likeness (QED) is 0.645. The van der Waals surface area contributed by atoms with E-state index in [-0.39, 0.29) is 16.2 Å². The van der Waals surface area contributed by atoms with Crippen molar-refractivity contribution in [3.8, 4) is 0 Å². The molecule has 0 radical (unpaired) electrons. The van der Waals surface area contributed by atoms with Crippen LogP contribution in [0.25, 0.3) is 0 Å². The molecule has 0 aliphatic heterocycles. The number of carbonyl (C=O) groups is 1. The second-order valence-electron chi connectivity index (χ2n) is 4.67. The highest BCUT2D eigenvalue weighted by molar-refractivity contribution is 9.10. The lowest BCUT2D eigenvalue weighted by atomic mass is 10.0. The zero-order chi connectivity index (χ0) is 14.9. The molecule has 1 aliphatic rings. The summed E-state index contributed by atoms with van der Waals surface area (Å²) in [5.41, 5.74) is -0.275. The number of hydrogen-bond donors (Lipinski definition) is 2. The number of carboxylic acid groups (broad SMARTS) is 1. The van der Waals surface area contributed by atoms with Crippen molar-refractivity contribution in [3.05, 3.63) is 32.5 Å². The summed E-state index contributed by atoms with van der Waals surface area (Å²) >= 11 is 2.97. The number of anilines is 1. The molecule has 1 fully saturated rings. The molecule has 1 aromatic rings. The highest BCUT2D eigenvalue weighted by Crippen LogP contribution is 2.35. The summed E-state index contributed by atoms with van der Waals surface area (Å²) in [6.45, 7) is 0. The molecular weight excluding hydrogens is 335 g/mol. The Labute approximate surface area is 122 Å². The minimum atomic E-state index is -0.927. The fourth-order valence-corrected chi connectivity index (χ4v) is 2.77. The number of hydrogen-bond acceptors (Lipinski definition) is 4. The number of nitro benzene ring substituents is 1. The number of nitrogens with zero attached hydrogens (tertiary/aromatic N) is 1. The number of rotatable bonds is 4. The van der Waals surface area contributed by atoms with E-state index < -0.39 is 28.3 Å². The van der Waals surface area contributed by atoms with E-state index in [4.69, 9.17) is 5.11 Å². The van der Waals surface area contributed by atoms with Gasteiger partial charge in [0.1, 0.15) is 11.5 Å². The van der Waals surface area contributed by atoms with Crippen LogP contribution in [0.5, 0.6) is 0 Å². The summed E-state index contributed by atoms with van der Waals surface area (Å²) in [6, 6.07) is 1.70. The number of benzene rings is 1. The molecule has 2 rings (SSSR count). The number of nitrogens with one attached hydrogen (secondary N) is 1. The smallest absolute Gasteiger partial charge is 0.308 e. The van der Waals surface area contributed by atoms with Crippen LogP contribution in [0.4, 0.5) is 15.8 Å². The standard InChI is InChI=1S/C12H12BrFN2O4/c13-7-4-10(11(16(19)20)5-8(7)14)15-9-3-1-2-6(9)12(17)18/h4-6,9,15H,1-3H2,(H,17,18). The Kier molecular flexibility index (Phi) is 4.22. The zero-order valence-electron chi connectivity index (χ0n) is 10.3. The summed E-state index contributed by atoms with van der Waals surface area (Å²) in [5, 5.41) is 22.9. The van der Waals surface area contributed by atoms with Gasteiger partial charge in [0.25, 0.3) is 5.69 Å². The van der Waals surface area contributed by atoms with Crippen LogP contribution in [-0.2, 0) is 4.79 Å². The van der Waals surface area contributed by atoms with Crippen molar-refractivity contribution < 1.29 is 19.2 Å². The van der Waals surface area contributed by atoms with Gasteiger partial charge in [-0.2, -0.15) is 0 Å². The van der Waals surface area contributed by atoms with Gasteiger partial charge in [0.15, 0.2) is 0 Å². The first kappa shape index (κ1) is 14.7. The van der Waals surface area contributed by atoms with E-state index in [1.807, 2.05) is 0 Å². The highest BCUT2D eigenvalue weighted by Gasteiger charge is 2.34. The minimum absolute atomic E-state index is 0.0930. The summed E-state index contributed by atoms with van der Waals surface area (Å²) < 4.78 is 13.5. The maximum atomic E-state index is 13.4. The maximum absolute atomic E-state index is 13.4. The predicted octanol–water partition coefficient (Wildman–Crippen LogP) is 3.16. The molecule has 2 N–H and O–H groups in total. The fraction of sp³-hybridized carbons (Fsp3) is 0.417. The number of nitro groups is 1. The Morgan fingerprint density at radius 1 is 1.50 bits per heavy atom. The molecule has 2 unspecified atom stereocenters. The molecular formula is C12H12BrFN2O4. The van der Waals surface area contributed by atoms with Crippen molar-refractivity contribution in [3.63, 3.8) is 0 Å². The fourth-order valence-electron chi connectivity index (χ4n) is 2.43. The monoisotopic (exact) mass is 346 g/mol. The van der Waals surface area contributed by atoms with Crippen molar-refractivity contribution in [2.24, 2.45) is 5.92 Å². The Morgan fingerprint density at radius 2 is 2.20 bits per heavy atom. The average Bonchev–Trinajstić information content (AvgIpc) is 2.81. The van der Waals surface area contributed by atoms with E-state index in [0.717, 1.165) is 12.5 Å². The lowest BCUT2D eigenvalue weighted by Crippen LogP contribution is -2.30. The van der Waals surface area contributed by atoms with Gasteiger partial charge in [-0.1, -0.05) is 6.42 Å². The third-order valence-electron chi connectivity index (χ3n) is 3.41. The third-order valence-corrected chi connectivity index (χ3v) is 4.02. The second-order valence-corrected chi connectivity index (χ2v) is 5.52. The molecule has 108 valence electrons. The topological polar surface area (TPSA) is 92.5 Å². The van der Waals surface area contributed by atoms with E-state index in [1.165, 1.54) is 6.07 Å². The van der Waals surface area contributed by atoms with E-state index in [0.29, 0.717) is 12.8 Å². The maximum Gasteiger partial charge on any atom is 0.308 e. The van der Waals surface area contributed by atoms with Gasteiger partial charge < -0.3 is 10.4 Å². The van der Waals surface area contributed by atoms with E-state index in [2.05, 4.69) is 21.2 Å². The van der Waals surface area contributed by atoms with Gasteiger partial charge in [-0.3, -0.25) is 14.9 Å². The predicted molar refractivity (Wildman–Crippen MR) is 73.1 cm³/mol. The normalized spacial score (nSPS) is 21.7. The Bertz CT molecular complexity index is 567. The Morgan fingerprint density at radius 3 is 2.80 bits per heavy atom. The number of carboxylic acids is 1. The molecule has 20 heavy (non-hydrogen) atoms. The van der Waals surface area contributed by atoms with Crippen LogP contribution in [0.15, 0.2) is 16.6 Å². The van der Waals surface area contributed by atoms with Crippen LogP contribution in [0, 0.1) is 21.8 Å². The van der Waals surface area contributed by atoms with Crippen molar-refractivity contribution in [2.45, 2.75) is 25.3 Å². The SMILES string of the molecule is O=C(O)C1CCCC1Nc1cc(Br)c(F)cc1[N+](=O)[O-]. The third kappa shape index (κ3) is 2.90. The average molecular weight is 347 g/mol. The summed E-state index contributed by atoms with van der Waals surface area (Å²) in [4.78, 5) is 21.3. The van der Waals surface area contributed by atoms with E-state index in [9.17, 15) is 19.3 Å². The Balaban J connectivity index is 2.31. The van der Waals surface area contributed by atoms with Crippen LogP contribution in [0.1, 0.15) is 19.3 Å². The summed E-state index contributed by atoms with van der Waals surface area (Å²) in [5.74, 6) is -2.24. The van der Waals surface area contributed by atoms with E-state index >= 15 is 0 Å². The number of aliphatic carboxylic acids is 1. The van der Waals surface area contributed by atoms with Gasteiger partial charge in [-0.05, 0) is 34.8 Å². The molecule has 1 aliphatic carbocycles. The largest absolute Gasteiger partial charge is 0.481 e. The van der Waals surface area contributed by atoms with Crippen LogP contribution < -0.4 is 5.32 Å². The van der Waals surface area contributed by atoms with Crippen LogP contribution in [0.3, 0.4) is 0 Å². The van der Waals surface area contributed by atoms with Gasteiger partial charge >= 0.3 is 5.97 Å². The van der Waals surface area contributed by atoms with Crippen molar-refractivity contribution in [2.75, 3.05) is 5.32 Å². The molecule has 1 saturated carbocycles. The zero-order valence-corrected chi connectivity index (χ0v) is 11.9. The molecule has 8 heteroatoms. The summed E-state index contributed by atoms with van der Waals surface area (Å²) in [6.07, 6.45) is 1.89. The van der Waals surface area contributed by atoms with Gasteiger partial charge in [-0.15, -0.1) is 0 Å². The van der Waals surface area contributed by atoms with E-state index in [1.54, 1.807) is 0 Å². The molecule has 0 bridgehead atoms. The molecule has 0 heterocycles. The minimum Gasteiger partial charge on any atom is -0.481 e. The lowest BCUT2D eigenvalue weighted by molar-refractivity contribution is -0.384. The lowest BCUT2D eigenvalue weighted by Gasteiger charge is -2.19. The van der Waals surface area contributed by atoms with Crippen LogP contribution in [-0.4, -0.2) is 22.0 Å². The molecule has 2 atom stereocenters. The van der Waals surface area contributed by atoms with Crippen molar-refractivity contribution in [1.29, 1.82) is 0 Å². The van der Waals surface area contributed by atoms with Gasteiger partial charge in [-0.25, -0.2) is 4.39 Å². The van der Waals surface area contributed by atoms with Gasteiger partial charge in [0.2, 0.25) is 0 Å². The first-order chi connectivity index (χ1) is 9.40. The first-order valence-corrected chi connectivity index (χ1v) is 6.82. The second kappa shape index (κ2) is 5.74. The molecule has 1 aromatic carbocycles. The van der Waals surface area contributed by atoms with Gasteiger partial charge in [0.05, 0.1) is 21.4 Å². The molecule has 0 aromatic heterocycles. The Hall–Kier alpha value is -1.70. The first-order valence-electron chi connectivity index (χ1n) is 6.03. The molecule has 0 saturated heterocycles. The molecule has 6 nitrogen and oxygen atoms in total. The van der Waals surface area contributed by atoms with Crippen molar-refractivity contribution >= 4 is 33.3 Å². The number of halogens is 2. The van der Waals surface area contributed by atoms with Crippen LogP contribution in [0.2, 0.25) is 0 Å².